The number of ketones is 1. The Morgan fingerprint density at radius 1 is 0.825 bits per heavy atom. The predicted octanol–water partition coefficient (Wildman–Crippen LogP) is 6.85. The fourth-order valence-electron chi connectivity index (χ4n) is 4.59. The van der Waals surface area contributed by atoms with Crippen LogP contribution in [0.5, 0.6) is 23.0 Å². The largest absolute Gasteiger partial charge is 0.507 e. The number of hydrogen-bond acceptors (Lipinski definition) is 6. The van der Waals surface area contributed by atoms with Crippen molar-refractivity contribution in [2.45, 2.75) is 19.9 Å². The van der Waals surface area contributed by atoms with Gasteiger partial charge in [0.2, 0.25) is 0 Å². The number of amides is 1. The maximum atomic E-state index is 13.5. The second kappa shape index (κ2) is 11.4. The zero-order valence-corrected chi connectivity index (χ0v) is 22.2. The monoisotopic (exact) mass is 535 g/mol. The number of anilines is 1. The SMILES string of the molecule is CC(C)COc1cccc(/C(O)=C2/C(=O)C(=O)N(c3ccccc3O)C2c2cccc(Oc3ccccc3)c2)c1. The highest BCUT2D eigenvalue weighted by Gasteiger charge is 2.47. The topological polar surface area (TPSA) is 96.3 Å². The third-order valence-corrected chi connectivity index (χ3v) is 6.43. The van der Waals surface area contributed by atoms with Crippen LogP contribution < -0.4 is 14.4 Å². The Bertz CT molecular complexity index is 1580. The molecule has 0 saturated carbocycles. The molecule has 1 aliphatic rings. The molecule has 202 valence electrons. The number of hydrogen-bond donors (Lipinski definition) is 2. The molecule has 1 aliphatic heterocycles. The van der Waals surface area contributed by atoms with Crippen molar-refractivity contribution < 1.29 is 29.3 Å². The summed E-state index contributed by atoms with van der Waals surface area (Å²) in [5.41, 5.74) is 0.894. The molecule has 5 rings (SSSR count). The van der Waals surface area contributed by atoms with Gasteiger partial charge in [0.1, 0.15) is 28.8 Å². The summed E-state index contributed by atoms with van der Waals surface area (Å²) in [6, 6.07) is 28.2. The summed E-state index contributed by atoms with van der Waals surface area (Å²) in [6.07, 6.45) is 0. The molecule has 7 heteroatoms. The van der Waals surface area contributed by atoms with Gasteiger partial charge in [-0.25, -0.2) is 0 Å². The highest BCUT2D eigenvalue weighted by molar-refractivity contribution is 6.51. The van der Waals surface area contributed by atoms with Gasteiger partial charge in [0.25, 0.3) is 11.7 Å². The fourth-order valence-corrected chi connectivity index (χ4v) is 4.59. The predicted molar refractivity (Wildman–Crippen MR) is 153 cm³/mol. The fraction of sp³-hybridized carbons (Fsp3) is 0.152. The molecular formula is C33H29NO6. The number of Topliss-reactive ketones (excluding diaryl/α,β-unsaturated/α-hetero) is 1. The highest BCUT2D eigenvalue weighted by Crippen LogP contribution is 2.45. The van der Waals surface area contributed by atoms with E-state index in [2.05, 4.69) is 0 Å². The van der Waals surface area contributed by atoms with Crippen LogP contribution in [0.2, 0.25) is 0 Å². The van der Waals surface area contributed by atoms with Crippen LogP contribution in [0.25, 0.3) is 5.76 Å². The Morgan fingerprint density at radius 3 is 2.25 bits per heavy atom. The van der Waals surface area contributed by atoms with Crippen LogP contribution >= 0.6 is 0 Å². The molecule has 1 amide bonds. The van der Waals surface area contributed by atoms with Crippen LogP contribution in [0.3, 0.4) is 0 Å². The van der Waals surface area contributed by atoms with E-state index in [-0.39, 0.29) is 22.8 Å². The van der Waals surface area contributed by atoms with Crippen LogP contribution in [-0.4, -0.2) is 28.5 Å². The first-order valence-corrected chi connectivity index (χ1v) is 13.0. The van der Waals surface area contributed by atoms with Gasteiger partial charge in [-0.1, -0.05) is 68.4 Å². The van der Waals surface area contributed by atoms with E-state index in [1.54, 1.807) is 66.7 Å². The van der Waals surface area contributed by atoms with Gasteiger partial charge in [-0.05, 0) is 60.0 Å². The van der Waals surface area contributed by atoms with Gasteiger partial charge in [-0.3, -0.25) is 14.5 Å². The van der Waals surface area contributed by atoms with Gasteiger partial charge in [0, 0.05) is 5.56 Å². The minimum Gasteiger partial charge on any atom is -0.507 e. The van der Waals surface area contributed by atoms with Crippen molar-refractivity contribution in [2.75, 3.05) is 11.5 Å². The number of carbonyl (C=O) groups excluding carboxylic acids is 2. The molecule has 1 atom stereocenters. The lowest BCUT2D eigenvalue weighted by atomic mass is 9.95. The third-order valence-electron chi connectivity index (χ3n) is 6.43. The van der Waals surface area contributed by atoms with E-state index in [0.29, 0.717) is 40.9 Å². The van der Waals surface area contributed by atoms with E-state index in [1.807, 2.05) is 44.2 Å². The highest BCUT2D eigenvalue weighted by atomic mass is 16.5. The molecule has 1 heterocycles. The zero-order chi connectivity index (χ0) is 28.2. The van der Waals surface area contributed by atoms with Crippen molar-refractivity contribution in [3.05, 3.63) is 120 Å². The lowest BCUT2D eigenvalue weighted by Crippen LogP contribution is -2.29. The van der Waals surface area contributed by atoms with Crippen molar-refractivity contribution in [1.29, 1.82) is 0 Å². The molecule has 0 spiro atoms. The summed E-state index contributed by atoms with van der Waals surface area (Å²) in [7, 11) is 0. The number of phenols is 1. The Balaban J connectivity index is 1.64. The van der Waals surface area contributed by atoms with Gasteiger partial charge in [0.15, 0.2) is 0 Å². The summed E-state index contributed by atoms with van der Waals surface area (Å²) in [4.78, 5) is 28.2. The molecule has 1 fully saturated rings. The molecule has 40 heavy (non-hydrogen) atoms. The Morgan fingerprint density at radius 2 is 1.50 bits per heavy atom. The van der Waals surface area contributed by atoms with Crippen LogP contribution in [0, 0.1) is 5.92 Å². The van der Waals surface area contributed by atoms with E-state index >= 15 is 0 Å². The number of aliphatic hydroxyl groups is 1. The van der Waals surface area contributed by atoms with Crippen molar-refractivity contribution in [3.8, 4) is 23.0 Å². The smallest absolute Gasteiger partial charge is 0.300 e. The molecular weight excluding hydrogens is 506 g/mol. The molecule has 4 aromatic carbocycles. The second-order valence-corrected chi connectivity index (χ2v) is 9.88. The number of aromatic hydroxyl groups is 1. The standard InChI is InChI=1S/C33H29NO6/c1-21(2)20-39-25-14-9-11-23(19-25)31(36)29-30(34(33(38)32(29)37)27-16-6-7-17-28(27)35)22-10-8-15-26(18-22)40-24-12-4-3-5-13-24/h3-19,21,30,35-36H,20H2,1-2H3/b31-29-. The minimum atomic E-state index is -1.03. The van der Waals surface area contributed by atoms with Gasteiger partial charge in [-0.2, -0.15) is 0 Å². The maximum absolute atomic E-state index is 13.5. The van der Waals surface area contributed by atoms with Crippen LogP contribution in [0.15, 0.2) is 109 Å². The zero-order valence-electron chi connectivity index (χ0n) is 22.2. The first-order valence-electron chi connectivity index (χ1n) is 13.0. The van der Waals surface area contributed by atoms with Crippen LogP contribution in [0.4, 0.5) is 5.69 Å². The molecule has 1 saturated heterocycles. The van der Waals surface area contributed by atoms with Crippen molar-refractivity contribution in [2.24, 2.45) is 5.92 Å². The molecule has 1 unspecified atom stereocenters. The Hall–Kier alpha value is -5.04. The first-order chi connectivity index (χ1) is 19.3. The van der Waals surface area contributed by atoms with Crippen molar-refractivity contribution >= 4 is 23.1 Å². The summed E-state index contributed by atoms with van der Waals surface area (Å²) in [5, 5.41) is 22.2. The number of ether oxygens (including phenoxy) is 2. The lowest BCUT2D eigenvalue weighted by molar-refractivity contribution is -0.132. The number of phenolic OH excluding ortho intramolecular Hbond substituents is 1. The molecule has 7 nitrogen and oxygen atoms in total. The lowest BCUT2D eigenvalue weighted by Gasteiger charge is -2.26. The molecule has 2 N–H and O–H groups in total. The van der Waals surface area contributed by atoms with E-state index in [4.69, 9.17) is 9.47 Å². The van der Waals surface area contributed by atoms with Crippen LogP contribution in [0.1, 0.15) is 31.0 Å². The number of para-hydroxylation sites is 3. The molecule has 4 aromatic rings. The normalized spacial score (nSPS) is 16.4. The second-order valence-electron chi connectivity index (χ2n) is 9.88. The van der Waals surface area contributed by atoms with Crippen molar-refractivity contribution in [3.63, 3.8) is 0 Å². The van der Waals surface area contributed by atoms with Gasteiger partial charge in [0.05, 0.1) is 23.9 Å². The van der Waals surface area contributed by atoms with Gasteiger partial charge >= 0.3 is 0 Å². The molecule has 0 bridgehead atoms. The van der Waals surface area contributed by atoms with E-state index in [0.717, 1.165) is 0 Å². The summed E-state index contributed by atoms with van der Waals surface area (Å²) in [6.45, 7) is 4.54. The Labute approximate surface area is 232 Å². The molecule has 0 aromatic heterocycles. The quantitative estimate of drug-likeness (QED) is 0.146. The number of nitrogens with zero attached hydrogens (tertiary/aromatic N) is 1. The number of aliphatic hydroxyl groups excluding tert-OH is 1. The minimum absolute atomic E-state index is 0.105. The van der Waals surface area contributed by atoms with E-state index in [9.17, 15) is 19.8 Å². The maximum Gasteiger partial charge on any atom is 0.300 e. The Kier molecular flexibility index (Phi) is 7.55. The van der Waals surface area contributed by atoms with Gasteiger partial charge in [-0.15, -0.1) is 0 Å². The van der Waals surface area contributed by atoms with Gasteiger partial charge < -0.3 is 19.7 Å². The average molecular weight is 536 g/mol. The summed E-state index contributed by atoms with van der Waals surface area (Å²) in [5.74, 6) is -0.318. The summed E-state index contributed by atoms with van der Waals surface area (Å²) >= 11 is 0. The summed E-state index contributed by atoms with van der Waals surface area (Å²) < 4.78 is 11.8. The third kappa shape index (κ3) is 5.40. The van der Waals surface area contributed by atoms with E-state index in [1.165, 1.54) is 11.0 Å². The number of benzene rings is 4. The molecule has 0 radical (unpaired) electrons. The number of carbonyl (C=O) groups is 2. The van der Waals surface area contributed by atoms with E-state index < -0.39 is 17.7 Å². The average Bonchev–Trinajstić information content (AvgIpc) is 3.22. The van der Waals surface area contributed by atoms with Crippen molar-refractivity contribution in [1.82, 2.24) is 0 Å². The first kappa shape index (κ1) is 26.6. The molecule has 0 aliphatic carbocycles. The number of rotatable bonds is 8. The van der Waals surface area contributed by atoms with Crippen LogP contribution in [-0.2, 0) is 9.59 Å².